The van der Waals surface area contributed by atoms with E-state index in [4.69, 9.17) is 4.74 Å². The molecule has 0 radical (unpaired) electrons. The van der Waals surface area contributed by atoms with E-state index in [9.17, 15) is 22.4 Å². The molecule has 0 aliphatic heterocycles. The number of hydrogen-bond acceptors (Lipinski definition) is 3. The number of aromatic amines is 1. The Balaban J connectivity index is 1.66. The second-order valence-corrected chi connectivity index (χ2v) is 5.84. The van der Waals surface area contributed by atoms with Gasteiger partial charge in [-0.2, -0.15) is 18.2 Å². The Labute approximate surface area is 157 Å². The fraction of sp³-hybridized carbons (Fsp3) is 0.100. The summed E-state index contributed by atoms with van der Waals surface area (Å²) in [7, 11) is 0. The van der Waals surface area contributed by atoms with Crippen LogP contribution in [0.15, 0.2) is 59.4 Å². The van der Waals surface area contributed by atoms with Crippen LogP contribution < -0.4 is 10.4 Å². The molecule has 0 saturated carbocycles. The highest BCUT2D eigenvalue weighted by Gasteiger charge is 2.32. The van der Waals surface area contributed by atoms with Gasteiger partial charge in [-0.05, 0) is 47.5 Å². The quantitative estimate of drug-likeness (QED) is 0.644. The smallest absolute Gasteiger partial charge is 0.431 e. The van der Waals surface area contributed by atoms with E-state index in [1.807, 2.05) is 0 Å². The highest BCUT2D eigenvalue weighted by atomic mass is 19.4. The summed E-state index contributed by atoms with van der Waals surface area (Å²) in [4.78, 5) is 16.4. The summed E-state index contributed by atoms with van der Waals surface area (Å²) in [6, 6.07) is 13.5. The first-order valence-corrected chi connectivity index (χ1v) is 8.13. The second kappa shape index (κ2) is 8.08. The van der Waals surface area contributed by atoms with Gasteiger partial charge in [-0.1, -0.05) is 30.3 Å². The molecule has 0 amide bonds. The normalized spacial score (nSPS) is 11.7. The molecule has 0 atom stereocenters. The predicted octanol–water partition coefficient (Wildman–Crippen LogP) is 4.68. The molecule has 1 heterocycles. The van der Waals surface area contributed by atoms with E-state index in [0.29, 0.717) is 11.3 Å². The first kappa shape index (κ1) is 19.3. The Hall–Kier alpha value is -3.42. The van der Waals surface area contributed by atoms with Crippen LogP contribution in [0.25, 0.3) is 12.2 Å². The molecule has 1 N–H and O–H groups in total. The van der Waals surface area contributed by atoms with Crippen LogP contribution in [0.3, 0.4) is 0 Å². The molecule has 0 spiro atoms. The Morgan fingerprint density at radius 2 is 1.68 bits per heavy atom. The summed E-state index contributed by atoms with van der Waals surface area (Å²) in [6.45, 7) is 0.270. The van der Waals surface area contributed by atoms with Crippen LogP contribution in [0, 0.1) is 5.82 Å². The number of nitrogens with zero attached hydrogens (tertiary/aromatic N) is 1. The zero-order valence-electron chi connectivity index (χ0n) is 14.3. The van der Waals surface area contributed by atoms with Crippen molar-refractivity contribution < 1.29 is 22.3 Å². The molecular formula is C20H14F4N2O2. The average molecular weight is 390 g/mol. The Bertz CT molecular complexity index is 1020. The summed E-state index contributed by atoms with van der Waals surface area (Å²) in [6.07, 6.45) is -1.81. The van der Waals surface area contributed by atoms with Crippen LogP contribution in [-0.4, -0.2) is 9.97 Å². The van der Waals surface area contributed by atoms with Gasteiger partial charge < -0.3 is 9.72 Å². The molecule has 144 valence electrons. The summed E-state index contributed by atoms with van der Waals surface area (Å²) < 4.78 is 56.6. The van der Waals surface area contributed by atoms with Crippen molar-refractivity contribution in [2.24, 2.45) is 0 Å². The zero-order valence-corrected chi connectivity index (χ0v) is 14.3. The van der Waals surface area contributed by atoms with E-state index >= 15 is 0 Å². The minimum Gasteiger partial charge on any atom is -0.489 e. The van der Waals surface area contributed by atoms with E-state index in [1.54, 1.807) is 41.4 Å². The van der Waals surface area contributed by atoms with E-state index in [0.717, 1.165) is 11.6 Å². The monoisotopic (exact) mass is 390 g/mol. The SMILES string of the molecule is O=c1nc(/C=C/c2ccc(OCc3ccc(F)cc3)cc2)cc(C(F)(F)F)[nH]1. The van der Waals surface area contributed by atoms with Gasteiger partial charge in [0, 0.05) is 0 Å². The molecule has 0 aliphatic rings. The Morgan fingerprint density at radius 1 is 1.00 bits per heavy atom. The molecule has 2 aromatic carbocycles. The van der Waals surface area contributed by atoms with Crippen molar-refractivity contribution in [3.63, 3.8) is 0 Å². The Morgan fingerprint density at radius 3 is 2.32 bits per heavy atom. The molecule has 3 rings (SSSR count). The zero-order chi connectivity index (χ0) is 20.1. The number of rotatable bonds is 5. The first-order chi connectivity index (χ1) is 13.3. The molecule has 0 saturated heterocycles. The summed E-state index contributed by atoms with van der Waals surface area (Å²) in [5.41, 5.74) is -0.834. The fourth-order valence-electron chi connectivity index (χ4n) is 2.32. The molecule has 0 bridgehead atoms. The lowest BCUT2D eigenvalue weighted by Gasteiger charge is -2.07. The maximum Gasteiger partial charge on any atom is 0.431 e. The maximum atomic E-state index is 12.9. The topological polar surface area (TPSA) is 55.0 Å². The van der Waals surface area contributed by atoms with Crippen LogP contribution in [0.5, 0.6) is 5.75 Å². The lowest BCUT2D eigenvalue weighted by Crippen LogP contribution is -2.19. The molecule has 0 unspecified atom stereocenters. The van der Waals surface area contributed by atoms with Crippen LogP contribution in [0.1, 0.15) is 22.5 Å². The van der Waals surface area contributed by atoms with Crippen molar-refractivity contribution in [1.82, 2.24) is 9.97 Å². The van der Waals surface area contributed by atoms with Gasteiger partial charge in [-0.25, -0.2) is 9.18 Å². The largest absolute Gasteiger partial charge is 0.489 e. The third-order valence-electron chi connectivity index (χ3n) is 3.72. The maximum absolute atomic E-state index is 12.9. The number of alkyl halides is 3. The lowest BCUT2D eigenvalue weighted by molar-refractivity contribution is -0.141. The third-order valence-corrected chi connectivity index (χ3v) is 3.72. The van der Waals surface area contributed by atoms with Gasteiger partial charge in [0.2, 0.25) is 0 Å². The summed E-state index contributed by atoms with van der Waals surface area (Å²) in [5.74, 6) is 0.257. The standard InChI is InChI=1S/C20H14F4N2O2/c21-15-6-1-14(2-7-15)12-28-17-9-4-13(5-10-17)3-8-16-11-18(20(22,23)24)26-19(27)25-16/h1-11H,12H2,(H,25,26,27)/b8-3+. The third kappa shape index (κ3) is 5.29. The second-order valence-electron chi connectivity index (χ2n) is 5.84. The fourth-order valence-corrected chi connectivity index (χ4v) is 2.32. The number of nitrogens with one attached hydrogen (secondary N) is 1. The van der Waals surface area contributed by atoms with E-state index in [1.165, 1.54) is 24.3 Å². The van der Waals surface area contributed by atoms with Gasteiger partial charge in [0.05, 0.1) is 5.69 Å². The van der Waals surface area contributed by atoms with Crippen molar-refractivity contribution >= 4 is 12.2 Å². The minimum atomic E-state index is -4.66. The van der Waals surface area contributed by atoms with Gasteiger partial charge in [0.25, 0.3) is 0 Å². The molecule has 28 heavy (non-hydrogen) atoms. The molecule has 3 aromatic rings. The van der Waals surface area contributed by atoms with Gasteiger partial charge in [0.15, 0.2) is 0 Å². The van der Waals surface area contributed by atoms with Gasteiger partial charge in [0.1, 0.15) is 23.9 Å². The van der Waals surface area contributed by atoms with Crippen LogP contribution >= 0.6 is 0 Å². The lowest BCUT2D eigenvalue weighted by atomic mass is 10.2. The number of H-pyrrole nitrogens is 1. The molecule has 4 nitrogen and oxygen atoms in total. The molecule has 0 aliphatic carbocycles. The van der Waals surface area contributed by atoms with Crippen LogP contribution in [-0.2, 0) is 12.8 Å². The van der Waals surface area contributed by atoms with E-state index < -0.39 is 17.6 Å². The van der Waals surface area contributed by atoms with Crippen molar-refractivity contribution in [2.45, 2.75) is 12.8 Å². The predicted molar refractivity (Wildman–Crippen MR) is 96.0 cm³/mol. The van der Waals surface area contributed by atoms with Crippen molar-refractivity contribution in [2.75, 3.05) is 0 Å². The number of ether oxygens (including phenoxy) is 1. The number of halogens is 4. The van der Waals surface area contributed by atoms with Crippen molar-refractivity contribution in [3.8, 4) is 5.75 Å². The van der Waals surface area contributed by atoms with Crippen LogP contribution in [0.4, 0.5) is 17.6 Å². The number of hydrogen-bond donors (Lipinski definition) is 1. The van der Waals surface area contributed by atoms with Crippen molar-refractivity contribution in [1.29, 1.82) is 0 Å². The first-order valence-electron chi connectivity index (χ1n) is 8.13. The number of benzene rings is 2. The summed E-state index contributed by atoms with van der Waals surface area (Å²) >= 11 is 0. The van der Waals surface area contributed by atoms with E-state index in [-0.39, 0.29) is 18.1 Å². The van der Waals surface area contributed by atoms with Gasteiger partial charge >= 0.3 is 11.9 Å². The molecule has 1 aromatic heterocycles. The highest BCUT2D eigenvalue weighted by molar-refractivity contribution is 5.68. The minimum absolute atomic E-state index is 0.104. The van der Waals surface area contributed by atoms with Crippen LogP contribution in [0.2, 0.25) is 0 Å². The summed E-state index contributed by atoms with van der Waals surface area (Å²) in [5, 5.41) is 0. The van der Waals surface area contributed by atoms with E-state index in [2.05, 4.69) is 4.98 Å². The molecule has 8 heteroatoms. The van der Waals surface area contributed by atoms with Gasteiger partial charge in [-0.15, -0.1) is 0 Å². The van der Waals surface area contributed by atoms with Gasteiger partial charge in [-0.3, -0.25) is 0 Å². The molecular weight excluding hydrogens is 376 g/mol. The van der Waals surface area contributed by atoms with Crippen molar-refractivity contribution in [3.05, 3.63) is 93.4 Å². The molecule has 0 fully saturated rings. The average Bonchev–Trinajstić information content (AvgIpc) is 2.66. The Kier molecular flexibility index (Phi) is 5.58. The number of aromatic nitrogens is 2. The highest BCUT2D eigenvalue weighted by Crippen LogP contribution is 2.27.